The van der Waals surface area contributed by atoms with E-state index in [4.69, 9.17) is 4.74 Å². The molecule has 0 aliphatic carbocycles. The van der Waals surface area contributed by atoms with Gasteiger partial charge in [0.2, 0.25) is 0 Å². The SMILES string of the molecule is CC1(C)CCNc2cccc(C(C)(C)C)c2O1. The summed E-state index contributed by atoms with van der Waals surface area (Å²) in [7, 11) is 0. The van der Waals surface area contributed by atoms with Gasteiger partial charge in [-0.25, -0.2) is 0 Å². The lowest BCUT2D eigenvalue weighted by atomic mass is 9.86. The van der Waals surface area contributed by atoms with Crippen LogP contribution in [0.2, 0.25) is 0 Å². The van der Waals surface area contributed by atoms with Gasteiger partial charge >= 0.3 is 0 Å². The Labute approximate surface area is 104 Å². The van der Waals surface area contributed by atoms with E-state index in [1.807, 2.05) is 0 Å². The van der Waals surface area contributed by atoms with E-state index in [1.54, 1.807) is 0 Å². The fourth-order valence-electron chi connectivity index (χ4n) is 2.20. The van der Waals surface area contributed by atoms with Crippen LogP contribution in [0, 0.1) is 0 Å². The molecule has 0 amide bonds. The molecule has 0 unspecified atom stereocenters. The normalized spacial score (nSPS) is 18.6. The van der Waals surface area contributed by atoms with E-state index in [1.165, 1.54) is 5.56 Å². The van der Waals surface area contributed by atoms with Crippen molar-refractivity contribution in [3.63, 3.8) is 0 Å². The van der Waals surface area contributed by atoms with Crippen molar-refractivity contribution in [2.45, 2.75) is 52.1 Å². The summed E-state index contributed by atoms with van der Waals surface area (Å²) >= 11 is 0. The van der Waals surface area contributed by atoms with Crippen molar-refractivity contribution in [2.75, 3.05) is 11.9 Å². The zero-order valence-corrected chi connectivity index (χ0v) is 11.6. The van der Waals surface area contributed by atoms with Gasteiger partial charge in [-0.05, 0) is 25.3 Å². The Balaban J connectivity index is 2.52. The molecule has 1 aromatic rings. The van der Waals surface area contributed by atoms with Crippen LogP contribution in [-0.2, 0) is 5.41 Å². The highest BCUT2D eigenvalue weighted by Crippen LogP contribution is 2.40. The first-order chi connectivity index (χ1) is 7.80. The van der Waals surface area contributed by atoms with E-state index in [-0.39, 0.29) is 11.0 Å². The van der Waals surface area contributed by atoms with Crippen LogP contribution >= 0.6 is 0 Å². The van der Waals surface area contributed by atoms with Crippen molar-refractivity contribution in [1.29, 1.82) is 0 Å². The van der Waals surface area contributed by atoms with Crippen LogP contribution in [0.5, 0.6) is 5.75 Å². The third-order valence-electron chi connectivity index (χ3n) is 3.24. The molecular weight excluding hydrogens is 210 g/mol. The molecule has 1 N–H and O–H groups in total. The number of ether oxygens (including phenoxy) is 1. The molecule has 0 atom stereocenters. The highest BCUT2D eigenvalue weighted by Gasteiger charge is 2.29. The summed E-state index contributed by atoms with van der Waals surface area (Å²) < 4.78 is 6.24. The molecule has 1 heterocycles. The maximum absolute atomic E-state index is 6.24. The minimum absolute atomic E-state index is 0.0976. The maximum atomic E-state index is 6.24. The molecule has 0 fully saturated rings. The molecule has 1 aromatic carbocycles. The van der Waals surface area contributed by atoms with Crippen LogP contribution in [-0.4, -0.2) is 12.1 Å². The first-order valence-corrected chi connectivity index (χ1v) is 6.36. The predicted molar refractivity (Wildman–Crippen MR) is 73.0 cm³/mol. The van der Waals surface area contributed by atoms with Crippen LogP contribution in [0.15, 0.2) is 18.2 Å². The van der Waals surface area contributed by atoms with E-state index < -0.39 is 0 Å². The Morgan fingerprint density at radius 3 is 2.59 bits per heavy atom. The van der Waals surface area contributed by atoms with Crippen molar-refractivity contribution in [3.8, 4) is 5.75 Å². The minimum Gasteiger partial charge on any atom is -0.485 e. The minimum atomic E-state index is -0.0976. The Morgan fingerprint density at radius 1 is 1.24 bits per heavy atom. The highest BCUT2D eigenvalue weighted by molar-refractivity contribution is 5.62. The summed E-state index contributed by atoms with van der Waals surface area (Å²) in [4.78, 5) is 0. The van der Waals surface area contributed by atoms with Gasteiger partial charge in [-0.3, -0.25) is 0 Å². The highest BCUT2D eigenvalue weighted by atomic mass is 16.5. The summed E-state index contributed by atoms with van der Waals surface area (Å²) in [6.07, 6.45) is 1.02. The van der Waals surface area contributed by atoms with E-state index in [0.29, 0.717) is 0 Å². The maximum Gasteiger partial charge on any atom is 0.146 e. The van der Waals surface area contributed by atoms with Crippen molar-refractivity contribution >= 4 is 5.69 Å². The summed E-state index contributed by atoms with van der Waals surface area (Å²) in [6.45, 7) is 12.0. The third kappa shape index (κ3) is 2.56. The molecule has 1 aliphatic heterocycles. The molecule has 0 saturated heterocycles. The van der Waals surface area contributed by atoms with Crippen LogP contribution < -0.4 is 10.1 Å². The summed E-state index contributed by atoms with van der Waals surface area (Å²) in [6, 6.07) is 6.38. The monoisotopic (exact) mass is 233 g/mol. The number of rotatable bonds is 0. The lowest BCUT2D eigenvalue weighted by Gasteiger charge is -2.29. The molecule has 0 radical (unpaired) electrons. The first-order valence-electron chi connectivity index (χ1n) is 6.36. The van der Waals surface area contributed by atoms with Crippen LogP contribution in [0.25, 0.3) is 0 Å². The molecule has 0 aromatic heterocycles. The van der Waals surface area contributed by atoms with Gasteiger partial charge < -0.3 is 10.1 Å². The van der Waals surface area contributed by atoms with Gasteiger partial charge in [0.1, 0.15) is 11.4 Å². The van der Waals surface area contributed by atoms with Crippen LogP contribution in [0.1, 0.15) is 46.6 Å². The van der Waals surface area contributed by atoms with Gasteiger partial charge in [-0.15, -0.1) is 0 Å². The van der Waals surface area contributed by atoms with Crippen LogP contribution in [0.4, 0.5) is 5.69 Å². The quantitative estimate of drug-likeness (QED) is 0.732. The Morgan fingerprint density at radius 2 is 1.94 bits per heavy atom. The Kier molecular flexibility index (Phi) is 2.84. The Hall–Kier alpha value is -1.18. The fraction of sp³-hybridized carbons (Fsp3) is 0.600. The van der Waals surface area contributed by atoms with Gasteiger partial charge in [-0.1, -0.05) is 32.9 Å². The van der Waals surface area contributed by atoms with E-state index in [2.05, 4.69) is 58.1 Å². The second-order valence-electron chi connectivity index (χ2n) is 6.47. The zero-order valence-electron chi connectivity index (χ0n) is 11.6. The molecular formula is C15H23NO. The number of fused-ring (bicyclic) bond motifs is 1. The van der Waals surface area contributed by atoms with Crippen molar-refractivity contribution in [2.24, 2.45) is 0 Å². The second kappa shape index (κ2) is 3.94. The molecule has 0 spiro atoms. The number of hydrogen-bond acceptors (Lipinski definition) is 2. The zero-order chi connectivity index (χ0) is 12.7. The second-order valence-corrected chi connectivity index (χ2v) is 6.47. The predicted octanol–water partition coefficient (Wildman–Crippen LogP) is 3.96. The van der Waals surface area contributed by atoms with E-state index in [9.17, 15) is 0 Å². The van der Waals surface area contributed by atoms with Crippen molar-refractivity contribution < 1.29 is 4.74 Å². The topological polar surface area (TPSA) is 21.3 Å². The lowest BCUT2D eigenvalue weighted by Crippen LogP contribution is -2.29. The Bertz CT molecular complexity index is 415. The average molecular weight is 233 g/mol. The largest absolute Gasteiger partial charge is 0.485 e. The summed E-state index contributed by atoms with van der Waals surface area (Å²) in [5, 5.41) is 3.47. The van der Waals surface area contributed by atoms with Crippen LogP contribution in [0.3, 0.4) is 0 Å². The lowest BCUT2D eigenvalue weighted by molar-refractivity contribution is 0.106. The average Bonchev–Trinajstić information content (AvgIpc) is 2.32. The molecule has 2 nitrogen and oxygen atoms in total. The van der Waals surface area contributed by atoms with Gasteiger partial charge in [0.25, 0.3) is 0 Å². The van der Waals surface area contributed by atoms with E-state index >= 15 is 0 Å². The number of para-hydroxylation sites is 1. The molecule has 0 saturated carbocycles. The molecule has 0 bridgehead atoms. The molecule has 2 heteroatoms. The van der Waals surface area contributed by atoms with Gasteiger partial charge in [0, 0.05) is 18.5 Å². The molecule has 94 valence electrons. The van der Waals surface area contributed by atoms with Gasteiger partial charge in [0.15, 0.2) is 0 Å². The van der Waals surface area contributed by atoms with Crippen molar-refractivity contribution in [1.82, 2.24) is 0 Å². The standard InChI is InChI=1S/C15H23NO/c1-14(2,3)11-7-6-8-12-13(11)17-15(4,5)9-10-16-12/h6-8,16H,9-10H2,1-5H3. The number of benzene rings is 1. The smallest absolute Gasteiger partial charge is 0.146 e. The van der Waals surface area contributed by atoms with Gasteiger partial charge in [0.05, 0.1) is 5.69 Å². The third-order valence-corrected chi connectivity index (χ3v) is 3.24. The molecule has 2 rings (SSSR count). The number of nitrogens with one attached hydrogen (secondary N) is 1. The summed E-state index contributed by atoms with van der Waals surface area (Å²) in [5.41, 5.74) is 2.41. The fourth-order valence-corrected chi connectivity index (χ4v) is 2.20. The van der Waals surface area contributed by atoms with E-state index in [0.717, 1.165) is 24.4 Å². The van der Waals surface area contributed by atoms with Crippen molar-refractivity contribution in [3.05, 3.63) is 23.8 Å². The molecule has 1 aliphatic rings. The summed E-state index contributed by atoms with van der Waals surface area (Å²) in [5.74, 6) is 1.03. The van der Waals surface area contributed by atoms with Gasteiger partial charge in [-0.2, -0.15) is 0 Å². The number of anilines is 1. The molecule has 17 heavy (non-hydrogen) atoms. The first kappa shape index (κ1) is 12.3. The number of hydrogen-bond donors (Lipinski definition) is 1.